The molecule has 0 spiro atoms. The normalized spacial score (nSPS) is 13.1. The zero-order valence-electron chi connectivity index (χ0n) is 11.2. The van der Waals surface area contributed by atoms with Crippen molar-refractivity contribution in [1.82, 2.24) is 4.72 Å². The lowest BCUT2D eigenvalue weighted by molar-refractivity contribution is 0.415. The molecule has 2 aromatic rings. The Bertz CT molecular complexity index is 680. The molecule has 1 aromatic heterocycles. The summed E-state index contributed by atoms with van der Waals surface area (Å²) >= 11 is 0. The van der Waals surface area contributed by atoms with Gasteiger partial charge in [0.15, 0.2) is 0 Å². The summed E-state index contributed by atoms with van der Waals surface area (Å²) in [6.07, 6.45) is 1.49. The van der Waals surface area contributed by atoms with E-state index in [0.29, 0.717) is 17.2 Å². The van der Waals surface area contributed by atoms with E-state index in [1.807, 2.05) is 0 Å². The molecule has 0 amide bonds. The Balaban J connectivity index is 2.26. The van der Waals surface area contributed by atoms with Crippen LogP contribution < -0.4 is 15.2 Å². The first-order chi connectivity index (χ1) is 9.44. The molecule has 0 radical (unpaired) electrons. The Hall–Kier alpha value is -1.99. The van der Waals surface area contributed by atoms with Crippen LogP contribution in [0.1, 0.15) is 18.7 Å². The second-order valence-corrected chi connectivity index (χ2v) is 5.98. The van der Waals surface area contributed by atoms with Crippen LogP contribution in [0.3, 0.4) is 0 Å². The van der Waals surface area contributed by atoms with Gasteiger partial charge < -0.3 is 14.9 Å². The van der Waals surface area contributed by atoms with Gasteiger partial charge in [0.05, 0.1) is 30.0 Å². The van der Waals surface area contributed by atoms with Crippen molar-refractivity contribution in [2.75, 3.05) is 12.8 Å². The van der Waals surface area contributed by atoms with Gasteiger partial charge in [-0.2, -0.15) is 0 Å². The molecule has 20 heavy (non-hydrogen) atoms. The highest BCUT2D eigenvalue weighted by Crippen LogP contribution is 2.25. The predicted molar refractivity (Wildman–Crippen MR) is 74.9 cm³/mol. The summed E-state index contributed by atoms with van der Waals surface area (Å²) in [6.45, 7) is 1.70. The van der Waals surface area contributed by atoms with Crippen molar-refractivity contribution in [3.8, 4) is 5.75 Å². The van der Waals surface area contributed by atoms with Gasteiger partial charge in [-0.3, -0.25) is 0 Å². The molecule has 1 atom stereocenters. The lowest BCUT2D eigenvalue weighted by Gasteiger charge is -2.13. The molecule has 0 aliphatic carbocycles. The maximum atomic E-state index is 12.3. The van der Waals surface area contributed by atoms with E-state index < -0.39 is 16.1 Å². The van der Waals surface area contributed by atoms with Gasteiger partial charge in [0, 0.05) is 6.07 Å². The van der Waals surface area contributed by atoms with E-state index in [-0.39, 0.29) is 4.90 Å². The van der Waals surface area contributed by atoms with Gasteiger partial charge in [0.1, 0.15) is 11.5 Å². The van der Waals surface area contributed by atoms with Gasteiger partial charge in [-0.25, -0.2) is 13.1 Å². The Morgan fingerprint density at radius 1 is 1.35 bits per heavy atom. The van der Waals surface area contributed by atoms with Crippen LogP contribution in [0.5, 0.6) is 5.75 Å². The zero-order chi connectivity index (χ0) is 14.8. The van der Waals surface area contributed by atoms with Crippen molar-refractivity contribution >= 4 is 15.7 Å². The lowest BCUT2D eigenvalue weighted by atomic mass is 10.3. The van der Waals surface area contributed by atoms with Crippen LogP contribution in [0.15, 0.2) is 45.9 Å². The fourth-order valence-corrected chi connectivity index (χ4v) is 2.98. The summed E-state index contributed by atoms with van der Waals surface area (Å²) in [5.41, 5.74) is 6.05. The number of nitrogens with two attached hydrogens (primary N) is 1. The average molecular weight is 296 g/mol. The summed E-state index contributed by atoms with van der Waals surface area (Å²) < 4.78 is 37.3. The van der Waals surface area contributed by atoms with Gasteiger partial charge in [0.2, 0.25) is 10.0 Å². The first kappa shape index (κ1) is 14.4. The van der Waals surface area contributed by atoms with Crippen LogP contribution in [-0.4, -0.2) is 15.5 Å². The van der Waals surface area contributed by atoms with Crippen LogP contribution >= 0.6 is 0 Å². The maximum Gasteiger partial charge on any atom is 0.241 e. The van der Waals surface area contributed by atoms with E-state index >= 15 is 0 Å². The number of nitrogen functional groups attached to an aromatic ring is 1. The summed E-state index contributed by atoms with van der Waals surface area (Å²) in [5.74, 6) is 0.856. The van der Waals surface area contributed by atoms with Crippen molar-refractivity contribution in [3.05, 3.63) is 42.4 Å². The molecule has 0 bridgehead atoms. The van der Waals surface area contributed by atoms with Crippen LogP contribution in [0.2, 0.25) is 0 Å². The molecule has 0 aliphatic rings. The first-order valence-electron chi connectivity index (χ1n) is 5.93. The van der Waals surface area contributed by atoms with Gasteiger partial charge in [-0.05, 0) is 31.2 Å². The fourth-order valence-electron chi connectivity index (χ4n) is 1.76. The van der Waals surface area contributed by atoms with E-state index in [9.17, 15) is 8.42 Å². The van der Waals surface area contributed by atoms with Gasteiger partial charge >= 0.3 is 0 Å². The number of sulfonamides is 1. The molecule has 108 valence electrons. The highest BCUT2D eigenvalue weighted by atomic mass is 32.2. The SMILES string of the molecule is COc1cc(S(=O)(=O)NC(C)c2ccco2)ccc1N. The molecule has 3 N–H and O–H groups in total. The number of anilines is 1. The summed E-state index contributed by atoms with van der Waals surface area (Å²) in [7, 11) is -2.25. The molecule has 0 aliphatic heterocycles. The Labute approximate surface area is 117 Å². The molecule has 2 rings (SSSR count). The predicted octanol–water partition coefficient (Wildman–Crippen LogP) is 1.91. The number of benzene rings is 1. The molecule has 0 saturated heterocycles. The number of methoxy groups -OCH3 is 1. The molecule has 0 saturated carbocycles. The number of rotatable bonds is 5. The summed E-state index contributed by atoms with van der Waals surface area (Å²) in [4.78, 5) is 0.0851. The zero-order valence-corrected chi connectivity index (χ0v) is 12.0. The second kappa shape index (κ2) is 5.56. The minimum Gasteiger partial charge on any atom is -0.495 e. The van der Waals surface area contributed by atoms with Crippen LogP contribution in [0, 0.1) is 0 Å². The van der Waals surface area contributed by atoms with E-state index in [0.717, 1.165) is 0 Å². The minimum atomic E-state index is -3.68. The molecule has 1 unspecified atom stereocenters. The van der Waals surface area contributed by atoms with E-state index in [2.05, 4.69) is 4.72 Å². The Morgan fingerprint density at radius 3 is 2.70 bits per heavy atom. The second-order valence-electron chi connectivity index (χ2n) is 4.26. The molecular formula is C13H16N2O4S. The number of ether oxygens (including phenoxy) is 1. The number of hydrogen-bond donors (Lipinski definition) is 2. The van der Waals surface area contributed by atoms with Gasteiger partial charge in [-0.15, -0.1) is 0 Å². The topological polar surface area (TPSA) is 94.6 Å². The van der Waals surface area contributed by atoms with Crippen LogP contribution in [0.4, 0.5) is 5.69 Å². The van der Waals surface area contributed by atoms with Crippen molar-refractivity contribution in [3.63, 3.8) is 0 Å². The fraction of sp³-hybridized carbons (Fsp3) is 0.231. The average Bonchev–Trinajstić information content (AvgIpc) is 2.92. The number of nitrogens with one attached hydrogen (secondary N) is 1. The van der Waals surface area contributed by atoms with Crippen LogP contribution in [0.25, 0.3) is 0 Å². The molecule has 7 heteroatoms. The number of furan rings is 1. The number of hydrogen-bond acceptors (Lipinski definition) is 5. The Morgan fingerprint density at radius 2 is 2.10 bits per heavy atom. The quantitative estimate of drug-likeness (QED) is 0.822. The molecular weight excluding hydrogens is 280 g/mol. The first-order valence-corrected chi connectivity index (χ1v) is 7.41. The van der Waals surface area contributed by atoms with Crippen LogP contribution in [-0.2, 0) is 10.0 Å². The van der Waals surface area contributed by atoms with E-state index in [4.69, 9.17) is 14.9 Å². The summed E-state index contributed by atoms with van der Waals surface area (Å²) in [5, 5.41) is 0. The molecule has 0 fully saturated rings. The maximum absolute atomic E-state index is 12.3. The third-order valence-corrected chi connectivity index (χ3v) is 4.36. The standard InChI is InChI=1S/C13H16N2O4S/c1-9(12-4-3-7-19-12)15-20(16,17)10-5-6-11(14)13(8-10)18-2/h3-9,15H,14H2,1-2H3. The molecule has 1 aromatic carbocycles. The summed E-state index contributed by atoms with van der Waals surface area (Å²) in [6, 6.07) is 7.23. The monoisotopic (exact) mass is 296 g/mol. The van der Waals surface area contributed by atoms with Crippen molar-refractivity contribution in [2.45, 2.75) is 17.9 Å². The third-order valence-electron chi connectivity index (χ3n) is 2.82. The van der Waals surface area contributed by atoms with Crippen molar-refractivity contribution in [1.29, 1.82) is 0 Å². The molecule has 1 heterocycles. The Kier molecular flexibility index (Phi) is 4.01. The smallest absolute Gasteiger partial charge is 0.241 e. The minimum absolute atomic E-state index is 0.0851. The highest BCUT2D eigenvalue weighted by molar-refractivity contribution is 7.89. The molecule has 6 nitrogen and oxygen atoms in total. The van der Waals surface area contributed by atoms with Crippen molar-refractivity contribution < 1.29 is 17.6 Å². The lowest BCUT2D eigenvalue weighted by Crippen LogP contribution is -2.26. The highest BCUT2D eigenvalue weighted by Gasteiger charge is 2.20. The van der Waals surface area contributed by atoms with E-state index in [1.165, 1.54) is 31.6 Å². The largest absolute Gasteiger partial charge is 0.495 e. The van der Waals surface area contributed by atoms with Gasteiger partial charge in [0.25, 0.3) is 0 Å². The third kappa shape index (κ3) is 2.94. The van der Waals surface area contributed by atoms with Gasteiger partial charge in [-0.1, -0.05) is 0 Å². The van der Waals surface area contributed by atoms with Crippen molar-refractivity contribution in [2.24, 2.45) is 0 Å². The van der Waals surface area contributed by atoms with E-state index in [1.54, 1.807) is 19.1 Å².